The van der Waals surface area contributed by atoms with E-state index in [-0.39, 0.29) is 0 Å². The third-order valence-electron chi connectivity index (χ3n) is 4.99. The minimum Gasteiger partial charge on any atom is -0.396 e. The highest BCUT2D eigenvalue weighted by Gasteiger charge is 2.34. The number of likely N-dealkylation sites (tertiary alicyclic amines) is 1. The maximum absolute atomic E-state index is 9.21. The van der Waals surface area contributed by atoms with Crippen molar-refractivity contribution in [2.24, 2.45) is 5.92 Å². The second-order valence-corrected chi connectivity index (χ2v) is 6.64. The van der Waals surface area contributed by atoms with E-state index in [0.717, 1.165) is 18.5 Å². The van der Waals surface area contributed by atoms with Gasteiger partial charge in [-0.25, -0.2) is 0 Å². The molecular weight excluding hydrogens is 224 g/mol. The summed E-state index contributed by atoms with van der Waals surface area (Å²) in [6, 6.07) is 2.34. The van der Waals surface area contributed by atoms with Crippen LogP contribution in [0, 0.1) is 5.92 Å². The van der Waals surface area contributed by atoms with Gasteiger partial charge in [0.1, 0.15) is 0 Å². The Kier molecular flexibility index (Phi) is 4.22. The molecule has 1 aliphatic heterocycles. The molecule has 3 rings (SSSR count). The van der Waals surface area contributed by atoms with Gasteiger partial charge in [-0.05, 0) is 44.4 Å². The number of hydrogen-bond acceptors (Lipinski definition) is 3. The Hall–Kier alpha value is -0.120. The summed E-state index contributed by atoms with van der Waals surface area (Å²) in [5.74, 6) is 0.709. The van der Waals surface area contributed by atoms with Crippen LogP contribution in [0.5, 0.6) is 0 Å². The molecule has 0 bridgehead atoms. The number of aliphatic hydroxyl groups is 1. The maximum atomic E-state index is 9.21. The van der Waals surface area contributed by atoms with Gasteiger partial charge in [-0.2, -0.15) is 0 Å². The first kappa shape index (κ1) is 12.9. The van der Waals surface area contributed by atoms with Crippen LogP contribution in [0.15, 0.2) is 0 Å². The molecule has 3 fully saturated rings. The van der Waals surface area contributed by atoms with Crippen LogP contribution in [0.3, 0.4) is 0 Å². The molecule has 2 atom stereocenters. The molecule has 0 aromatic carbocycles. The van der Waals surface area contributed by atoms with Gasteiger partial charge >= 0.3 is 0 Å². The number of nitrogens with zero attached hydrogens (tertiary/aromatic N) is 1. The van der Waals surface area contributed by atoms with Crippen LogP contribution in [0.2, 0.25) is 0 Å². The topological polar surface area (TPSA) is 35.5 Å². The SMILES string of the molecule is OCCC1CC(NC2CC2)CN(C2CCCC2)C1. The van der Waals surface area contributed by atoms with E-state index in [0.29, 0.717) is 18.6 Å². The number of rotatable bonds is 5. The van der Waals surface area contributed by atoms with Gasteiger partial charge in [-0.15, -0.1) is 0 Å². The van der Waals surface area contributed by atoms with E-state index in [2.05, 4.69) is 10.2 Å². The lowest BCUT2D eigenvalue weighted by atomic mass is 9.90. The monoisotopic (exact) mass is 252 g/mol. The van der Waals surface area contributed by atoms with Crippen molar-refractivity contribution in [1.82, 2.24) is 10.2 Å². The van der Waals surface area contributed by atoms with E-state index in [1.165, 1.54) is 58.0 Å². The Morgan fingerprint density at radius 3 is 2.44 bits per heavy atom. The Morgan fingerprint density at radius 1 is 1.00 bits per heavy atom. The number of aliphatic hydroxyl groups excluding tert-OH is 1. The molecular formula is C15H28N2O. The molecule has 0 aromatic rings. The van der Waals surface area contributed by atoms with E-state index in [4.69, 9.17) is 0 Å². The van der Waals surface area contributed by atoms with E-state index < -0.39 is 0 Å². The highest BCUT2D eigenvalue weighted by Crippen LogP contribution is 2.30. The first-order valence-electron chi connectivity index (χ1n) is 7.96. The van der Waals surface area contributed by atoms with Crippen LogP contribution in [-0.2, 0) is 0 Å². The first-order valence-corrected chi connectivity index (χ1v) is 7.96. The molecule has 3 aliphatic rings. The average Bonchev–Trinajstić information content (AvgIpc) is 3.00. The molecule has 0 amide bonds. The summed E-state index contributed by atoms with van der Waals surface area (Å²) in [5.41, 5.74) is 0. The van der Waals surface area contributed by atoms with Crippen molar-refractivity contribution >= 4 is 0 Å². The lowest BCUT2D eigenvalue weighted by Gasteiger charge is -2.41. The number of piperidine rings is 1. The fraction of sp³-hybridized carbons (Fsp3) is 1.00. The number of hydrogen-bond donors (Lipinski definition) is 2. The lowest BCUT2D eigenvalue weighted by Crippen LogP contribution is -2.52. The Balaban J connectivity index is 1.57. The molecule has 1 heterocycles. The van der Waals surface area contributed by atoms with Crippen molar-refractivity contribution in [3.63, 3.8) is 0 Å². The molecule has 18 heavy (non-hydrogen) atoms. The summed E-state index contributed by atoms with van der Waals surface area (Å²) < 4.78 is 0. The van der Waals surface area contributed by atoms with Crippen molar-refractivity contribution in [1.29, 1.82) is 0 Å². The molecule has 2 saturated carbocycles. The first-order chi connectivity index (χ1) is 8.85. The lowest BCUT2D eigenvalue weighted by molar-refractivity contribution is 0.0856. The largest absolute Gasteiger partial charge is 0.396 e. The molecule has 3 heteroatoms. The summed E-state index contributed by atoms with van der Waals surface area (Å²) in [6.45, 7) is 2.84. The Bertz CT molecular complexity index is 261. The van der Waals surface area contributed by atoms with Gasteiger partial charge in [0.2, 0.25) is 0 Å². The summed E-state index contributed by atoms with van der Waals surface area (Å²) in [4.78, 5) is 2.73. The van der Waals surface area contributed by atoms with Gasteiger partial charge in [0.25, 0.3) is 0 Å². The molecule has 1 saturated heterocycles. The summed E-state index contributed by atoms with van der Waals surface area (Å²) >= 11 is 0. The van der Waals surface area contributed by atoms with Crippen molar-refractivity contribution in [2.45, 2.75) is 69.5 Å². The van der Waals surface area contributed by atoms with Crippen LogP contribution in [0.25, 0.3) is 0 Å². The van der Waals surface area contributed by atoms with Gasteiger partial charge in [0.15, 0.2) is 0 Å². The van der Waals surface area contributed by atoms with Crippen LogP contribution in [0.4, 0.5) is 0 Å². The molecule has 0 radical (unpaired) electrons. The highest BCUT2D eigenvalue weighted by molar-refractivity contribution is 4.92. The molecule has 104 valence electrons. The molecule has 0 aromatic heterocycles. The normalized spacial score (nSPS) is 35.2. The van der Waals surface area contributed by atoms with Crippen molar-refractivity contribution < 1.29 is 5.11 Å². The maximum Gasteiger partial charge on any atom is 0.0434 e. The quantitative estimate of drug-likeness (QED) is 0.782. The van der Waals surface area contributed by atoms with Gasteiger partial charge in [-0.3, -0.25) is 4.90 Å². The fourth-order valence-electron chi connectivity index (χ4n) is 3.90. The van der Waals surface area contributed by atoms with Crippen molar-refractivity contribution in [2.75, 3.05) is 19.7 Å². The predicted molar refractivity (Wildman–Crippen MR) is 73.6 cm³/mol. The van der Waals surface area contributed by atoms with Crippen molar-refractivity contribution in [3.8, 4) is 0 Å². The summed E-state index contributed by atoms with van der Waals surface area (Å²) in [7, 11) is 0. The van der Waals surface area contributed by atoms with Crippen LogP contribution in [0.1, 0.15) is 51.4 Å². The summed E-state index contributed by atoms with van der Waals surface area (Å²) in [6.07, 6.45) is 10.7. The third kappa shape index (κ3) is 3.25. The van der Waals surface area contributed by atoms with E-state index in [1.54, 1.807) is 0 Å². The molecule has 3 nitrogen and oxygen atoms in total. The molecule has 2 unspecified atom stereocenters. The zero-order valence-corrected chi connectivity index (χ0v) is 11.5. The second kappa shape index (κ2) is 5.89. The zero-order valence-electron chi connectivity index (χ0n) is 11.5. The van der Waals surface area contributed by atoms with Crippen LogP contribution in [-0.4, -0.2) is 47.8 Å². The minimum absolute atomic E-state index is 0.360. The smallest absolute Gasteiger partial charge is 0.0434 e. The van der Waals surface area contributed by atoms with Crippen LogP contribution >= 0.6 is 0 Å². The molecule has 0 spiro atoms. The molecule has 2 N–H and O–H groups in total. The van der Waals surface area contributed by atoms with Gasteiger partial charge in [-0.1, -0.05) is 12.8 Å². The molecule has 2 aliphatic carbocycles. The summed E-state index contributed by atoms with van der Waals surface area (Å²) in [5, 5.41) is 13.0. The standard InChI is InChI=1S/C15H28N2O/c18-8-7-12-9-14(16-13-5-6-13)11-17(10-12)15-3-1-2-4-15/h12-16,18H,1-11H2. The number of nitrogens with one attached hydrogen (secondary N) is 1. The predicted octanol–water partition coefficient (Wildman–Crippen LogP) is 1.75. The zero-order chi connectivity index (χ0) is 12.4. The van der Waals surface area contributed by atoms with Crippen molar-refractivity contribution in [3.05, 3.63) is 0 Å². The Morgan fingerprint density at radius 2 is 1.78 bits per heavy atom. The van der Waals surface area contributed by atoms with E-state index in [1.807, 2.05) is 0 Å². The van der Waals surface area contributed by atoms with E-state index >= 15 is 0 Å². The van der Waals surface area contributed by atoms with Gasteiger partial charge in [0.05, 0.1) is 0 Å². The van der Waals surface area contributed by atoms with Gasteiger partial charge in [0, 0.05) is 37.8 Å². The second-order valence-electron chi connectivity index (χ2n) is 6.64. The average molecular weight is 252 g/mol. The van der Waals surface area contributed by atoms with Crippen LogP contribution < -0.4 is 5.32 Å². The van der Waals surface area contributed by atoms with E-state index in [9.17, 15) is 5.11 Å². The fourth-order valence-corrected chi connectivity index (χ4v) is 3.90. The minimum atomic E-state index is 0.360. The highest BCUT2D eigenvalue weighted by atomic mass is 16.3. The van der Waals surface area contributed by atoms with Gasteiger partial charge < -0.3 is 10.4 Å². The third-order valence-corrected chi connectivity index (χ3v) is 4.99. The Labute approximate surface area is 111 Å².